The van der Waals surface area contributed by atoms with Gasteiger partial charge in [0.2, 0.25) is 0 Å². The predicted molar refractivity (Wildman–Crippen MR) is 117 cm³/mol. The quantitative estimate of drug-likeness (QED) is 0.576. The molecule has 6 heteroatoms. The number of nitrogens with zero attached hydrogens (tertiary/aromatic N) is 1. The first kappa shape index (κ1) is 20.8. The normalized spacial score (nSPS) is 20.1. The molecule has 1 saturated heterocycles. The Labute approximate surface area is 178 Å². The number of hydrogen-bond donors (Lipinski definition) is 0. The molecule has 2 amide bonds. The van der Waals surface area contributed by atoms with E-state index in [9.17, 15) is 9.59 Å². The summed E-state index contributed by atoms with van der Waals surface area (Å²) in [5.41, 5.74) is 1.53. The zero-order chi connectivity index (χ0) is 21.9. The van der Waals surface area contributed by atoms with Crippen LogP contribution in [0, 0.1) is 0 Å². The van der Waals surface area contributed by atoms with E-state index in [0.717, 1.165) is 11.0 Å². The molecule has 156 valence electrons. The number of carbonyl (C=O) groups excluding carboxylic acids is 2. The number of benzene rings is 2. The second kappa shape index (κ2) is 6.79. The van der Waals surface area contributed by atoms with E-state index < -0.39 is 12.7 Å². The summed E-state index contributed by atoms with van der Waals surface area (Å²) in [5.74, 6) is -0.455. The van der Waals surface area contributed by atoms with Gasteiger partial charge >= 0.3 is 7.12 Å². The van der Waals surface area contributed by atoms with Crippen LogP contribution >= 0.6 is 0 Å². The Kier molecular flexibility index (Phi) is 4.71. The van der Waals surface area contributed by atoms with Crippen molar-refractivity contribution in [3.8, 4) is 0 Å². The minimum atomic E-state index is -0.654. The van der Waals surface area contributed by atoms with Crippen LogP contribution in [0.25, 0.3) is 0 Å². The maximum Gasteiger partial charge on any atom is 0.494 e. The van der Waals surface area contributed by atoms with E-state index in [4.69, 9.17) is 9.31 Å². The van der Waals surface area contributed by atoms with Crippen molar-refractivity contribution in [1.82, 2.24) is 4.90 Å². The van der Waals surface area contributed by atoms with Crippen molar-refractivity contribution in [3.05, 3.63) is 65.2 Å². The molecule has 2 aromatic rings. The van der Waals surface area contributed by atoms with Crippen LogP contribution in [0.3, 0.4) is 0 Å². The lowest BCUT2D eigenvalue weighted by Crippen LogP contribution is -2.49. The minimum Gasteiger partial charge on any atom is -0.399 e. The molecule has 0 N–H and O–H groups in total. The fraction of sp³-hybridized carbons (Fsp3) is 0.417. The van der Waals surface area contributed by atoms with Crippen molar-refractivity contribution < 1.29 is 18.9 Å². The molecule has 5 nitrogen and oxygen atoms in total. The van der Waals surface area contributed by atoms with Gasteiger partial charge < -0.3 is 9.31 Å². The highest BCUT2D eigenvalue weighted by Gasteiger charge is 2.51. The molecule has 0 bridgehead atoms. The first-order valence-electron chi connectivity index (χ1n) is 10.4. The second-order valence-electron chi connectivity index (χ2n) is 9.81. The summed E-state index contributed by atoms with van der Waals surface area (Å²) in [6.45, 7) is 12.0. The number of imide groups is 1. The molecule has 1 fully saturated rings. The summed E-state index contributed by atoms with van der Waals surface area (Å²) in [4.78, 5) is 27.1. The maximum absolute atomic E-state index is 12.9. The van der Waals surface area contributed by atoms with Gasteiger partial charge in [0.1, 0.15) is 0 Å². The van der Waals surface area contributed by atoms with Crippen LogP contribution in [0.1, 0.15) is 67.8 Å². The Morgan fingerprint density at radius 3 is 1.77 bits per heavy atom. The van der Waals surface area contributed by atoms with E-state index in [1.54, 1.807) is 24.3 Å². The van der Waals surface area contributed by atoms with E-state index in [1.807, 2.05) is 65.8 Å². The lowest BCUT2D eigenvalue weighted by molar-refractivity contribution is 0.00578. The molecule has 2 aliphatic rings. The molecular formula is C24H28BNO4. The topological polar surface area (TPSA) is 55.8 Å². The molecule has 0 aromatic heterocycles. The van der Waals surface area contributed by atoms with Crippen LogP contribution in [0.2, 0.25) is 0 Å². The van der Waals surface area contributed by atoms with Crippen molar-refractivity contribution in [2.45, 2.75) is 64.7 Å². The Balaban J connectivity index is 1.51. The molecule has 0 radical (unpaired) electrons. The monoisotopic (exact) mass is 405 g/mol. The van der Waals surface area contributed by atoms with Crippen molar-refractivity contribution in [2.75, 3.05) is 0 Å². The van der Waals surface area contributed by atoms with Gasteiger partial charge in [-0.25, -0.2) is 0 Å². The molecule has 0 atom stereocenters. The van der Waals surface area contributed by atoms with Crippen LogP contribution in [-0.4, -0.2) is 40.6 Å². The summed E-state index contributed by atoms with van der Waals surface area (Å²) in [5, 5.41) is 0. The third-order valence-electron chi connectivity index (χ3n) is 6.54. The van der Waals surface area contributed by atoms with Gasteiger partial charge in [0.15, 0.2) is 0 Å². The highest BCUT2D eigenvalue weighted by atomic mass is 16.7. The van der Waals surface area contributed by atoms with Gasteiger partial charge in [0.25, 0.3) is 11.8 Å². The van der Waals surface area contributed by atoms with Gasteiger partial charge in [-0.3, -0.25) is 14.5 Å². The van der Waals surface area contributed by atoms with Gasteiger partial charge in [0, 0.05) is 5.54 Å². The predicted octanol–water partition coefficient (Wildman–Crippen LogP) is 3.60. The van der Waals surface area contributed by atoms with Crippen molar-refractivity contribution in [1.29, 1.82) is 0 Å². The largest absolute Gasteiger partial charge is 0.494 e. The fourth-order valence-electron chi connectivity index (χ4n) is 4.09. The van der Waals surface area contributed by atoms with Gasteiger partial charge in [-0.05, 0) is 71.1 Å². The van der Waals surface area contributed by atoms with Crippen molar-refractivity contribution in [2.24, 2.45) is 0 Å². The Morgan fingerprint density at radius 2 is 1.30 bits per heavy atom. The van der Waals surface area contributed by atoms with E-state index in [2.05, 4.69) is 0 Å². The number of carbonyl (C=O) groups is 2. The zero-order valence-electron chi connectivity index (χ0n) is 18.5. The van der Waals surface area contributed by atoms with Crippen LogP contribution in [0.5, 0.6) is 0 Å². The summed E-state index contributed by atoms with van der Waals surface area (Å²) in [6.07, 6.45) is 0.558. The average Bonchev–Trinajstić information content (AvgIpc) is 3.05. The minimum absolute atomic E-state index is 0.227. The molecule has 2 aromatic carbocycles. The van der Waals surface area contributed by atoms with Crippen LogP contribution in [-0.2, 0) is 15.7 Å². The smallest absolute Gasteiger partial charge is 0.399 e. The summed E-state index contributed by atoms with van der Waals surface area (Å²) in [6, 6.07) is 15.0. The Morgan fingerprint density at radius 1 is 0.833 bits per heavy atom. The standard InChI is InChI=1S/C24H28BNO4/c1-22(2,26-20(27)18-9-7-8-10-19(18)21(26)28)15-16-11-13-17(14-12-16)25-29-23(3,4)24(5,6)30-25/h7-14H,15H2,1-6H3. The van der Waals surface area contributed by atoms with Gasteiger partial charge in [-0.2, -0.15) is 0 Å². The number of amides is 2. The van der Waals surface area contributed by atoms with E-state index in [0.29, 0.717) is 17.5 Å². The number of hydrogen-bond acceptors (Lipinski definition) is 4. The third kappa shape index (κ3) is 3.28. The highest BCUT2D eigenvalue weighted by molar-refractivity contribution is 6.62. The van der Waals surface area contributed by atoms with E-state index >= 15 is 0 Å². The first-order valence-corrected chi connectivity index (χ1v) is 10.4. The zero-order valence-corrected chi connectivity index (χ0v) is 18.5. The fourth-order valence-corrected chi connectivity index (χ4v) is 4.09. The summed E-state index contributed by atoms with van der Waals surface area (Å²) >= 11 is 0. The van der Waals surface area contributed by atoms with Crippen molar-refractivity contribution >= 4 is 24.4 Å². The SMILES string of the molecule is CC(C)(Cc1ccc(B2OC(C)(C)C(C)(C)O2)cc1)N1C(=O)c2ccccc2C1=O. The number of rotatable bonds is 4. The molecule has 2 aliphatic heterocycles. The molecule has 0 spiro atoms. The van der Waals surface area contributed by atoms with Crippen LogP contribution < -0.4 is 5.46 Å². The first-order chi connectivity index (χ1) is 13.9. The van der Waals surface area contributed by atoms with Gasteiger partial charge in [-0.15, -0.1) is 0 Å². The summed E-state index contributed by atoms with van der Waals surface area (Å²) in [7, 11) is -0.409. The Bertz CT molecular complexity index is 959. The van der Waals surface area contributed by atoms with Crippen LogP contribution in [0.4, 0.5) is 0 Å². The molecule has 0 unspecified atom stereocenters. The lowest BCUT2D eigenvalue weighted by atomic mass is 9.78. The molecule has 2 heterocycles. The van der Waals surface area contributed by atoms with Crippen LogP contribution in [0.15, 0.2) is 48.5 Å². The highest BCUT2D eigenvalue weighted by Crippen LogP contribution is 2.36. The number of fused-ring (bicyclic) bond motifs is 1. The molecule has 0 saturated carbocycles. The summed E-state index contributed by atoms with van der Waals surface area (Å²) < 4.78 is 12.2. The average molecular weight is 405 g/mol. The third-order valence-corrected chi connectivity index (χ3v) is 6.54. The molecule has 30 heavy (non-hydrogen) atoms. The maximum atomic E-state index is 12.9. The molecule has 4 rings (SSSR count). The molecule has 0 aliphatic carbocycles. The van der Waals surface area contributed by atoms with E-state index in [1.165, 1.54) is 4.90 Å². The van der Waals surface area contributed by atoms with E-state index in [-0.39, 0.29) is 23.0 Å². The second-order valence-corrected chi connectivity index (χ2v) is 9.81. The molecular weight excluding hydrogens is 377 g/mol. The van der Waals surface area contributed by atoms with Gasteiger partial charge in [-0.1, -0.05) is 36.4 Å². The van der Waals surface area contributed by atoms with Crippen molar-refractivity contribution in [3.63, 3.8) is 0 Å². The van der Waals surface area contributed by atoms with Gasteiger partial charge in [0.05, 0.1) is 22.3 Å². The lowest BCUT2D eigenvalue weighted by Gasteiger charge is -2.34. The Hall–Kier alpha value is -2.44.